The molecule has 1 unspecified atom stereocenters. The lowest BCUT2D eigenvalue weighted by molar-refractivity contribution is 0.0404. The second-order valence-electron chi connectivity index (χ2n) is 3.12. The van der Waals surface area contributed by atoms with E-state index in [0.717, 1.165) is 0 Å². The summed E-state index contributed by atoms with van der Waals surface area (Å²) in [5.74, 6) is 0. The van der Waals surface area contributed by atoms with Crippen molar-refractivity contribution in [2.24, 2.45) is 5.73 Å². The normalized spacial score (nSPS) is 14.2. The molecule has 0 radical (unpaired) electrons. The molecule has 4 heteroatoms. The van der Waals surface area contributed by atoms with Crippen molar-refractivity contribution in [1.29, 1.82) is 0 Å². The molecule has 11 heavy (non-hydrogen) atoms. The van der Waals surface area contributed by atoms with E-state index < -0.39 is 11.6 Å². The zero-order chi connectivity index (χ0) is 9.07. The number of nitrogens with one attached hydrogen (secondary N) is 1. The van der Waals surface area contributed by atoms with Gasteiger partial charge in [-0.2, -0.15) is 0 Å². The number of primary amides is 1. The van der Waals surface area contributed by atoms with Crippen LogP contribution in [-0.4, -0.2) is 22.8 Å². The van der Waals surface area contributed by atoms with Crippen molar-refractivity contribution < 1.29 is 9.90 Å². The Labute approximate surface area is 66.8 Å². The van der Waals surface area contributed by atoms with Crippen molar-refractivity contribution in [3.63, 3.8) is 0 Å². The van der Waals surface area contributed by atoms with E-state index in [4.69, 9.17) is 5.73 Å². The van der Waals surface area contributed by atoms with Gasteiger partial charge in [0.15, 0.2) is 0 Å². The Morgan fingerprint density at radius 3 is 2.27 bits per heavy atom. The second-order valence-corrected chi connectivity index (χ2v) is 3.12. The highest BCUT2D eigenvalue weighted by molar-refractivity contribution is 5.72. The molecular formula is C7H16N2O2. The fraction of sp³-hybridized carbons (Fsp3) is 0.857. The van der Waals surface area contributed by atoms with Crippen LogP contribution in [0.25, 0.3) is 0 Å². The molecule has 0 aromatic carbocycles. The monoisotopic (exact) mass is 160 g/mol. The second kappa shape index (κ2) is 3.57. The highest BCUT2D eigenvalue weighted by atomic mass is 16.3. The largest absolute Gasteiger partial charge is 0.388 e. The molecule has 0 aliphatic rings. The number of hydrogen-bond donors (Lipinski definition) is 3. The average Bonchev–Trinajstić information content (AvgIpc) is 1.79. The van der Waals surface area contributed by atoms with Gasteiger partial charge in [-0.25, -0.2) is 4.79 Å². The summed E-state index contributed by atoms with van der Waals surface area (Å²) in [5, 5.41) is 11.9. The Hall–Kier alpha value is -0.770. The molecule has 0 saturated heterocycles. The van der Waals surface area contributed by atoms with Gasteiger partial charge in [0.2, 0.25) is 0 Å². The van der Waals surface area contributed by atoms with E-state index in [2.05, 4.69) is 5.32 Å². The summed E-state index contributed by atoms with van der Waals surface area (Å²) in [6, 6.07) is -0.876. The molecule has 0 aliphatic heterocycles. The fourth-order valence-corrected chi connectivity index (χ4v) is 0.950. The van der Waals surface area contributed by atoms with Crippen molar-refractivity contribution in [2.75, 3.05) is 0 Å². The van der Waals surface area contributed by atoms with Crippen LogP contribution >= 0.6 is 0 Å². The summed E-state index contributed by atoms with van der Waals surface area (Å²) in [5.41, 5.74) is 3.99. The van der Waals surface area contributed by atoms with Gasteiger partial charge in [0.25, 0.3) is 0 Å². The van der Waals surface area contributed by atoms with E-state index in [9.17, 15) is 9.90 Å². The summed E-state index contributed by atoms with van der Waals surface area (Å²) in [6.07, 6.45) is 0.659. The molecule has 0 bridgehead atoms. The predicted molar refractivity (Wildman–Crippen MR) is 43.1 cm³/mol. The molecule has 0 spiro atoms. The van der Waals surface area contributed by atoms with Crippen LogP contribution in [0.3, 0.4) is 0 Å². The zero-order valence-electron chi connectivity index (χ0n) is 7.22. The van der Waals surface area contributed by atoms with E-state index >= 15 is 0 Å². The van der Waals surface area contributed by atoms with Crippen molar-refractivity contribution >= 4 is 6.03 Å². The Kier molecular flexibility index (Phi) is 3.32. The smallest absolute Gasteiger partial charge is 0.312 e. The molecule has 0 aromatic rings. The molecule has 66 valence electrons. The fourth-order valence-electron chi connectivity index (χ4n) is 0.950. The molecular weight excluding hydrogens is 144 g/mol. The summed E-state index contributed by atoms with van der Waals surface area (Å²) in [6.45, 7) is 5.15. The molecule has 0 aliphatic carbocycles. The van der Waals surface area contributed by atoms with Crippen LogP contribution in [0.15, 0.2) is 0 Å². The number of aliphatic hydroxyl groups is 1. The van der Waals surface area contributed by atoms with Gasteiger partial charge in [0.05, 0.1) is 11.6 Å². The van der Waals surface area contributed by atoms with E-state index in [-0.39, 0.29) is 6.04 Å². The quantitative estimate of drug-likeness (QED) is 0.551. The zero-order valence-corrected chi connectivity index (χ0v) is 7.22. The number of amides is 2. The highest BCUT2D eigenvalue weighted by Gasteiger charge is 2.25. The first kappa shape index (κ1) is 10.2. The van der Waals surface area contributed by atoms with Crippen molar-refractivity contribution in [3.05, 3.63) is 0 Å². The highest BCUT2D eigenvalue weighted by Crippen LogP contribution is 2.10. The number of carbonyl (C=O) groups excluding carboxylic acids is 1. The first-order valence-electron chi connectivity index (χ1n) is 3.66. The summed E-state index contributed by atoms with van der Waals surface area (Å²) < 4.78 is 0. The molecule has 0 rings (SSSR count). The van der Waals surface area contributed by atoms with Crippen LogP contribution in [-0.2, 0) is 0 Å². The van der Waals surface area contributed by atoms with Crippen molar-refractivity contribution in [3.8, 4) is 0 Å². The maximum Gasteiger partial charge on any atom is 0.312 e. The Bertz CT molecular complexity index is 140. The van der Waals surface area contributed by atoms with Crippen LogP contribution in [0, 0.1) is 0 Å². The number of rotatable bonds is 3. The van der Waals surface area contributed by atoms with Gasteiger partial charge in [0.1, 0.15) is 0 Å². The number of carbonyl (C=O) groups is 1. The minimum Gasteiger partial charge on any atom is -0.388 e. The number of hydrogen-bond acceptors (Lipinski definition) is 2. The SMILES string of the molecule is CCC(NC(N)=O)C(C)(C)O. The third-order valence-corrected chi connectivity index (χ3v) is 1.58. The standard InChI is InChI=1S/C7H16N2O2/c1-4-5(7(2,3)11)9-6(8)10/h5,11H,4H2,1-3H3,(H3,8,9,10). The molecule has 0 heterocycles. The van der Waals surface area contributed by atoms with Gasteiger partial charge < -0.3 is 16.2 Å². The molecule has 4 nitrogen and oxygen atoms in total. The lowest BCUT2D eigenvalue weighted by Gasteiger charge is -2.28. The molecule has 1 atom stereocenters. The van der Waals surface area contributed by atoms with E-state index in [0.29, 0.717) is 6.42 Å². The van der Waals surface area contributed by atoms with Gasteiger partial charge in [-0.1, -0.05) is 6.92 Å². The third-order valence-electron chi connectivity index (χ3n) is 1.58. The van der Waals surface area contributed by atoms with Crippen LogP contribution < -0.4 is 11.1 Å². The molecule has 4 N–H and O–H groups in total. The Balaban J connectivity index is 4.07. The average molecular weight is 160 g/mol. The maximum atomic E-state index is 10.4. The molecule has 0 aromatic heterocycles. The van der Waals surface area contributed by atoms with Crippen LogP contribution in [0.4, 0.5) is 4.79 Å². The molecule has 2 amide bonds. The van der Waals surface area contributed by atoms with Crippen molar-refractivity contribution in [2.45, 2.75) is 38.8 Å². The maximum absolute atomic E-state index is 10.4. The van der Waals surface area contributed by atoms with E-state index in [1.165, 1.54) is 0 Å². The molecule has 0 fully saturated rings. The van der Waals surface area contributed by atoms with Gasteiger partial charge in [-0.3, -0.25) is 0 Å². The first-order chi connectivity index (χ1) is 4.88. The van der Waals surface area contributed by atoms with E-state index in [1.54, 1.807) is 13.8 Å². The summed E-state index contributed by atoms with van der Waals surface area (Å²) in [7, 11) is 0. The summed E-state index contributed by atoms with van der Waals surface area (Å²) in [4.78, 5) is 10.4. The van der Waals surface area contributed by atoms with Crippen LogP contribution in [0.2, 0.25) is 0 Å². The lowest BCUT2D eigenvalue weighted by Crippen LogP contribution is -2.50. The predicted octanol–water partition coefficient (Wildman–Crippen LogP) is 0.204. The van der Waals surface area contributed by atoms with Crippen molar-refractivity contribution in [1.82, 2.24) is 5.32 Å². The lowest BCUT2D eigenvalue weighted by atomic mass is 9.97. The number of nitrogens with two attached hydrogens (primary N) is 1. The Morgan fingerprint density at radius 1 is 1.73 bits per heavy atom. The van der Waals surface area contributed by atoms with Gasteiger partial charge in [-0.05, 0) is 20.3 Å². The topological polar surface area (TPSA) is 75.3 Å². The van der Waals surface area contributed by atoms with Gasteiger partial charge in [0, 0.05) is 0 Å². The minimum atomic E-state index is -0.913. The van der Waals surface area contributed by atoms with Crippen LogP contribution in [0.1, 0.15) is 27.2 Å². The first-order valence-corrected chi connectivity index (χ1v) is 3.66. The number of urea groups is 1. The van der Waals surface area contributed by atoms with Crippen LogP contribution in [0.5, 0.6) is 0 Å². The van der Waals surface area contributed by atoms with Gasteiger partial charge >= 0.3 is 6.03 Å². The van der Waals surface area contributed by atoms with E-state index in [1.807, 2.05) is 6.92 Å². The third kappa shape index (κ3) is 3.83. The minimum absolute atomic E-state index is 0.278. The Morgan fingerprint density at radius 2 is 2.18 bits per heavy atom. The van der Waals surface area contributed by atoms with Gasteiger partial charge in [-0.15, -0.1) is 0 Å². The summed E-state index contributed by atoms with van der Waals surface area (Å²) >= 11 is 0. The molecule has 0 saturated carbocycles.